The predicted octanol–water partition coefficient (Wildman–Crippen LogP) is 3.41. The topological polar surface area (TPSA) is 34.1 Å². The monoisotopic (exact) mass is 248 g/mol. The molecular weight excluding hydrogens is 232 g/mol. The zero-order chi connectivity index (χ0) is 12.3. The van der Waals surface area contributed by atoms with Crippen molar-refractivity contribution in [2.75, 3.05) is 5.75 Å². The standard InChI is InChI=1S/C14H16O2S/c1-2-3-10-17(15,16)14-9-8-12-6-4-5-7-13(12)11-14/h4-9,11H,2-3,10H2,1H3. The molecule has 0 unspecified atom stereocenters. The molecule has 0 saturated heterocycles. The lowest BCUT2D eigenvalue weighted by atomic mass is 10.1. The molecule has 3 heteroatoms. The van der Waals surface area contributed by atoms with Crippen LogP contribution in [0, 0.1) is 0 Å². The van der Waals surface area contributed by atoms with E-state index in [9.17, 15) is 8.42 Å². The predicted molar refractivity (Wildman–Crippen MR) is 70.9 cm³/mol. The third-order valence-corrected chi connectivity index (χ3v) is 4.64. The van der Waals surface area contributed by atoms with Crippen molar-refractivity contribution in [1.29, 1.82) is 0 Å². The molecule has 0 N–H and O–H groups in total. The van der Waals surface area contributed by atoms with Crippen LogP contribution in [0.25, 0.3) is 10.8 Å². The summed E-state index contributed by atoms with van der Waals surface area (Å²) < 4.78 is 24.1. The summed E-state index contributed by atoms with van der Waals surface area (Å²) in [7, 11) is -3.11. The number of rotatable bonds is 4. The first-order chi connectivity index (χ1) is 8.13. The summed E-state index contributed by atoms with van der Waals surface area (Å²) in [5.41, 5.74) is 0. The Bertz CT molecular complexity index is 615. The van der Waals surface area contributed by atoms with Gasteiger partial charge in [-0.3, -0.25) is 0 Å². The highest BCUT2D eigenvalue weighted by Gasteiger charge is 2.13. The van der Waals surface area contributed by atoms with Crippen LogP contribution in [-0.2, 0) is 9.84 Å². The Morgan fingerprint density at radius 1 is 1.00 bits per heavy atom. The molecule has 0 bridgehead atoms. The van der Waals surface area contributed by atoms with E-state index in [1.165, 1.54) is 0 Å². The van der Waals surface area contributed by atoms with Gasteiger partial charge in [-0.25, -0.2) is 8.42 Å². The minimum absolute atomic E-state index is 0.238. The molecule has 0 aliphatic carbocycles. The van der Waals surface area contributed by atoms with Gasteiger partial charge in [0, 0.05) is 0 Å². The van der Waals surface area contributed by atoms with E-state index in [0.717, 1.165) is 23.6 Å². The highest BCUT2D eigenvalue weighted by molar-refractivity contribution is 7.91. The number of unbranched alkanes of at least 4 members (excludes halogenated alkanes) is 1. The van der Waals surface area contributed by atoms with Crippen LogP contribution in [0.2, 0.25) is 0 Å². The van der Waals surface area contributed by atoms with Gasteiger partial charge in [0.2, 0.25) is 0 Å². The molecule has 0 aliphatic heterocycles. The maximum absolute atomic E-state index is 12.0. The van der Waals surface area contributed by atoms with Crippen LogP contribution in [0.1, 0.15) is 19.8 Å². The van der Waals surface area contributed by atoms with E-state index in [4.69, 9.17) is 0 Å². The maximum atomic E-state index is 12.0. The zero-order valence-electron chi connectivity index (χ0n) is 9.89. The Hall–Kier alpha value is -1.35. The molecule has 2 aromatic carbocycles. The van der Waals surface area contributed by atoms with Gasteiger partial charge in [-0.2, -0.15) is 0 Å². The van der Waals surface area contributed by atoms with E-state index in [-0.39, 0.29) is 5.75 Å². The van der Waals surface area contributed by atoms with Crippen molar-refractivity contribution in [3.05, 3.63) is 42.5 Å². The molecule has 0 aromatic heterocycles. The second kappa shape index (κ2) is 4.88. The van der Waals surface area contributed by atoms with Crippen LogP contribution >= 0.6 is 0 Å². The van der Waals surface area contributed by atoms with Crippen molar-refractivity contribution >= 4 is 20.6 Å². The van der Waals surface area contributed by atoms with Gasteiger partial charge in [-0.1, -0.05) is 43.7 Å². The number of benzene rings is 2. The number of sulfone groups is 1. The lowest BCUT2D eigenvalue weighted by Crippen LogP contribution is -2.06. The first-order valence-corrected chi connectivity index (χ1v) is 7.50. The van der Waals surface area contributed by atoms with Gasteiger partial charge in [0.15, 0.2) is 9.84 Å². The van der Waals surface area contributed by atoms with E-state index in [0.29, 0.717) is 4.90 Å². The summed E-state index contributed by atoms with van der Waals surface area (Å²) >= 11 is 0. The van der Waals surface area contributed by atoms with Crippen molar-refractivity contribution in [2.45, 2.75) is 24.7 Å². The average Bonchev–Trinajstić information content (AvgIpc) is 2.36. The second-order valence-electron chi connectivity index (χ2n) is 4.18. The maximum Gasteiger partial charge on any atom is 0.178 e. The lowest BCUT2D eigenvalue weighted by Gasteiger charge is -2.05. The summed E-state index contributed by atoms with van der Waals surface area (Å²) in [6.07, 6.45) is 1.61. The Balaban J connectivity index is 2.42. The fourth-order valence-corrected chi connectivity index (χ4v) is 3.30. The Morgan fingerprint density at radius 3 is 2.41 bits per heavy atom. The van der Waals surface area contributed by atoms with Gasteiger partial charge in [0.1, 0.15) is 0 Å². The molecule has 0 heterocycles. The van der Waals surface area contributed by atoms with Crippen molar-refractivity contribution in [1.82, 2.24) is 0 Å². The molecule has 0 amide bonds. The van der Waals surface area contributed by atoms with Crippen LogP contribution in [0.3, 0.4) is 0 Å². The molecule has 0 fully saturated rings. The summed E-state index contributed by atoms with van der Waals surface area (Å²) in [4.78, 5) is 0.435. The van der Waals surface area contributed by atoms with Gasteiger partial charge in [0.05, 0.1) is 10.6 Å². The van der Waals surface area contributed by atoms with Crippen LogP contribution < -0.4 is 0 Å². The quantitative estimate of drug-likeness (QED) is 0.831. The van der Waals surface area contributed by atoms with Crippen LogP contribution in [0.15, 0.2) is 47.4 Å². The molecular formula is C14H16O2S. The zero-order valence-corrected chi connectivity index (χ0v) is 10.7. The minimum Gasteiger partial charge on any atom is -0.224 e. The van der Waals surface area contributed by atoms with Crippen LogP contribution in [0.4, 0.5) is 0 Å². The summed E-state index contributed by atoms with van der Waals surface area (Å²) in [5, 5.41) is 2.05. The highest BCUT2D eigenvalue weighted by Crippen LogP contribution is 2.20. The van der Waals surface area contributed by atoms with E-state index < -0.39 is 9.84 Å². The van der Waals surface area contributed by atoms with E-state index >= 15 is 0 Å². The van der Waals surface area contributed by atoms with Crippen molar-refractivity contribution in [3.63, 3.8) is 0 Å². The second-order valence-corrected chi connectivity index (χ2v) is 6.29. The Kier molecular flexibility index (Phi) is 3.48. The molecule has 0 atom stereocenters. The molecule has 2 rings (SSSR count). The largest absolute Gasteiger partial charge is 0.224 e. The molecule has 0 radical (unpaired) electrons. The van der Waals surface area contributed by atoms with E-state index in [1.807, 2.05) is 37.3 Å². The molecule has 2 nitrogen and oxygen atoms in total. The van der Waals surface area contributed by atoms with Crippen molar-refractivity contribution in [3.8, 4) is 0 Å². The average molecular weight is 248 g/mol. The number of fused-ring (bicyclic) bond motifs is 1. The molecule has 0 spiro atoms. The van der Waals surface area contributed by atoms with Gasteiger partial charge in [-0.05, 0) is 29.3 Å². The third-order valence-electron chi connectivity index (χ3n) is 2.85. The van der Waals surface area contributed by atoms with Crippen LogP contribution in [-0.4, -0.2) is 14.2 Å². The summed E-state index contributed by atoms with van der Waals surface area (Å²) in [6, 6.07) is 13.1. The van der Waals surface area contributed by atoms with Crippen LogP contribution in [0.5, 0.6) is 0 Å². The molecule has 2 aromatic rings. The molecule has 90 valence electrons. The fraction of sp³-hybridized carbons (Fsp3) is 0.286. The van der Waals surface area contributed by atoms with Crippen molar-refractivity contribution < 1.29 is 8.42 Å². The fourth-order valence-electron chi connectivity index (χ4n) is 1.81. The van der Waals surface area contributed by atoms with E-state index in [2.05, 4.69) is 0 Å². The summed E-state index contributed by atoms with van der Waals surface area (Å²) in [6.45, 7) is 2.00. The smallest absolute Gasteiger partial charge is 0.178 e. The minimum atomic E-state index is -3.11. The number of hydrogen-bond donors (Lipinski definition) is 0. The number of hydrogen-bond acceptors (Lipinski definition) is 2. The Morgan fingerprint density at radius 2 is 1.71 bits per heavy atom. The van der Waals surface area contributed by atoms with E-state index in [1.54, 1.807) is 12.1 Å². The first kappa shape index (κ1) is 12.1. The Labute approximate surface area is 102 Å². The SMILES string of the molecule is CCCCS(=O)(=O)c1ccc2ccccc2c1. The molecule has 0 saturated carbocycles. The third kappa shape index (κ3) is 2.67. The first-order valence-electron chi connectivity index (χ1n) is 5.85. The lowest BCUT2D eigenvalue weighted by molar-refractivity contribution is 0.593. The highest BCUT2D eigenvalue weighted by atomic mass is 32.2. The van der Waals surface area contributed by atoms with Gasteiger partial charge in [0.25, 0.3) is 0 Å². The molecule has 0 aliphatic rings. The normalized spacial score (nSPS) is 11.8. The van der Waals surface area contributed by atoms with Crippen molar-refractivity contribution in [2.24, 2.45) is 0 Å². The van der Waals surface area contributed by atoms with Gasteiger partial charge in [-0.15, -0.1) is 0 Å². The molecule has 17 heavy (non-hydrogen) atoms. The summed E-state index contributed by atoms with van der Waals surface area (Å²) in [5.74, 6) is 0.238. The van der Waals surface area contributed by atoms with Gasteiger partial charge >= 0.3 is 0 Å². The van der Waals surface area contributed by atoms with Gasteiger partial charge < -0.3 is 0 Å².